The molecule has 1 heterocycles. The lowest BCUT2D eigenvalue weighted by molar-refractivity contribution is 0.163. The lowest BCUT2D eigenvalue weighted by Crippen LogP contribution is -2.52. The number of aryl methyl sites for hydroxylation is 1. The minimum atomic E-state index is -0.195. The molecule has 2 rings (SSSR count). The average Bonchev–Trinajstić information content (AvgIpc) is 2.16. The van der Waals surface area contributed by atoms with E-state index in [2.05, 4.69) is 34.4 Å². The highest BCUT2D eigenvalue weighted by atomic mass is 16.2. The van der Waals surface area contributed by atoms with Crippen molar-refractivity contribution in [2.24, 2.45) is 5.92 Å². The van der Waals surface area contributed by atoms with Crippen molar-refractivity contribution < 1.29 is 4.79 Å². The van der Waals surface area contributed by atoms with Crippen LogP contribution in [-0.4, -0.2) is 21.5 Å². The second-order valence-corrected chi connectivity index (χ2v) is 5.45. The normalized spacial score (nSPS) is 15.9. The number of nitrogens with zero attached hydrogens (tertiary/aromatic N) is 2. The number of rotatable bonds is 3. The third kappa shape index (κ3) is 2.97. The Morgan fingerprint density at radius 1 is 1.33 bits per heavy atom. The molecule has 1 aromatic rings. The van der Waals surface area contributed by atoms with Crippen LogP contribution in [0.2, 0.25) is 0 Å². The van der Waals surface area contributed by atoms with Gasteiger partial charge in [0.2, 0.25) is 0 Å². The minimum Gasteiger partial charge on any atom is -0.333 e. The molecule has 1 aliphatic rings. The maximum absolute atomic E-state index is 11.9. The van der Waals surface area contributed by atoms with E-state index in [-0.39, 0.29) is 11.6 Å². The molecule has 0 unspecified atom stereocenters. The average molecular weight is 248 g/mol. The van der Waals surface area contributed by atoms with Crippen LogP contribution in [-0.2, 0) is 0 Å². The van der Waals surface area contributed by atoms with Gasteiger partial charge >= 0.3 is 6.03 Å². The molecular formula is C13H20N4O. The molecule has 1 aliphatic carbocycles. The standard InChI is InChI=1S/C13H20N4O/c1-9-14-7-11(8-15-9)16-12(18)17-13(2,3)10-5-4-6-10/h7-8,10H,4-6H2,1-3H3,(H2,16,17,18). The summed E-state index contributed by atoms with van der Waals surface area (Å²) in [7, 11) is 0. The number of anilines is 1. The molecule has 0 bridgehead atoms. The van der Waals surface area contributed by atoms with Crippen LogP contribution in [0.4, 0.5) is 10.5 Å². The molecule has 1 saturated carbocycles. The van der Waals surface area contributed by atoms with E-state index >= 15 is 0 Å². The van der Waals surface area contributed by atoms with Crippen LogP contribution >= 0.6 is 0 Å². The SMILES string of the molecule is Cc1ncc(NC(=O)NC(C)(C)C2CCC2)cn1. The van der Waals surface area contributed by atoms with Crippen LogP contribution in [0, 0.1) is 12.8 Å². The van der Waals surface area contributed by atoms with Gasteiger partial charge in [-0.1, -0.05) is 6.42 Å². The minimum absolute atomic E-state index is 0.159. The van der Waals surface area contributed by atoms with E-state index in [4.69, 9.17) is 0 Å². The van der Waals surface area contributed by atoms with Crippen molar-refractivity contribution in [3.8, 4) is 0 Å². The van der Waals surface area contributed by atoms with Crippen molar-refractivity contribution in [3.63, 3.8) is 0 Å². The van der Waals surface area contributed by atoms with Crippen molar-refractivity contribution in [1.29, 1.82) is 0 Å². The monoisotopic (exact) mass is 248 g/mol. The van der Waals surface area contributed by atoms with Crippen LogP contribution < -0.4 is 10.6 Å². The van der Waals surface area contributed by atoms with Gasteiger partial charge in [-0.15, -0.1) is 0 Å². The zero-order valence-electron chi connectivity index (χ0n) is 11.2. The van der Waals surface area contributed by atoms with Gasteiger partial charge in [0, 0.05) is 5.54 Å². The molecule has 0 spiro atoms. The number of hydrogen-bond acceptors (Lipinski definition) is 3. The first-order valence-electron chi connectivity index (χ1n) is 6.35. The fourth-order valence-electron chi connectivity index (χ4n) is 2.14. The van der Waals surface area contributed by atoms with Crippen LogP contribution in [0.15, 0.2) is 12.4 Å². The van der Waals surface area contributed by atoms with E-state index in [1.54, 1.807) is 12.4 Å². The summed E-state index contributed by atoms with van der Waals surface area (Å²) in [5.41, 5.74) is 0.455. The van der Waals surface area contributed by atoms with E-state index < -0.39 is 0 Å². The molecular weight excluding hydrogens is 228 g/mol. The maximum atomic E-state index is 11.9. The summed E-state index contributed by atoms with van der Waals surface area (Å²) in [5.74, 6) is 1.27. The second kappa shape index (κ2) is 4.92. The molecule has 2 N–H and O–H groups in total. The Bertz CT molecular complexity index is 423. The molecule has 98 valence electrons. The molecule has 0 aromatic carbocycles. The van der Waals surface area contributed by atoms with Crippen molar-refractivity contribution in [2.75, 3.05) is 5.32 Å². The van der Waals surface area contributed by atoms with Crippen LogP contribution in [0.1, 0.15) is 38.9 Å². The highest BCUT2D eigenvalue weighted by Gasteiger charge is 2.34. The number of nitrogens with one attached hydrogen (secondary N) is 2. The molecule has 18 heavy (non-hydrogen) atoms. The summed E-state index contributed by atoms with van der Waals surface area (Å²) in [6, 6.07) is -0.195. The Morgan fingerprint density at radius 2 is 1.94 bits per heavy atom. The number of carbonyl (C=O) groups is 1. The first-order valence-corrected chi connectivity index (χ1v) is 6.35. The van der Waals surface area contributed by atoms with Gasteiger partial charge in [0.05, 0.1) is 18.1 Å². The highest BCUT2D eigenvalue weighted by molar-refractivity contribution is 5.89. The van der Waals surface area contributed by atoms with Gasteiger partial charge < -0.3 is 10.6 Å². The molecule has 1 fully saturated rings. The predicted octanol–water partition coefficient (Wildman–Crippen LogP) is 2.49. The summed E-state index contributed by atoms with van der Waals surface area (Å²) in [6.45, 7) is 5.95. The second-order valence-electron chi connectivity index (χ2n) is 5.45. The van der Waals surface area contributed by atoms with E-state index in [1.807, 2.05) is 6.92 Å². The summed E-state index contributed by atoms with van der Waals surface area (Å²) in [6.07, 6.45) is 6.88. The molecule has 1 aromatic heterocycles. The number of amides is 2. The number of urea groups is 1. The Hall–Kier alpha value is -1.65. The van der Waals surface area contributed by atoms with Gasteiger partial charge in [0.25, 0.3) is 0 Å². The van der Waals surface area contributed by atoms with E-state index in [1.165, 1.54) is 19.3 Å². The van der Waals surface area contributed by atoms with E-state index in [9.17, 15) is 4.79 Å². The first-order chi connectivity index (χ1) is 8.47. The van der Waals surface area contributed by atoms with Gasteiger partial charge in [-0.3, -0.25) is 0 Å². The predicted molar refractivity (Wildman–Crippen MR) is 70.3 cm³/mol. The summed E-state index contributed by atoms with van der Waals surface area (Å²) >= 11 is 0. The molecule has 2 amide bonds. The Kier molecular flexibility index (Phi) is 3.50. The van der Waals surface area contributed by atoms with Gasteiger partial charge in [0.15, 0.2) is 0 Å². The van der Waals surface area contributed by atoms with Crippen LogP contribution in [0.25, 0.3) is 0 Å². The first kappa shape index (κ1) is 12.8. The topological polar surface area (TPSA) is 66.9 Å². The van der Waals surface area contributed by atoms with Gasteiger partial charge in [-0.05, 0) is 39.5 Å². The molecule has 5 nitrogen and oxygen atoms in total. The number of carbonyl (C=O) groups excluding carboxylic acids is 1. The Labute approximate surface area is 107 Å². The lowest BCUT2D eigenvalue weighted by Gasteiger charge is -2.40. The van der Waals surface area contributed by atoms with Gasteiger partial charge in [-0.25, -0.2) is 14.8 Å². The molecule has 0 radical (unpaired) electrons. The fraction of sp³-hybridized carbons (Fsp3) is 0.615. The molecule has 0 aliphatic heterocycles. The fourth-order valence-corrected chi connectivity index (χ4v) is 2.14. The van der Waals surface area contributed by atoms with Crippen LogP contribution in [0.3, 0.4) is 0 Å². The van der Waals surface area contributed by atoms with Crippen molar-refractivity contribution in [3.05, 3.63) is 18.2 Å². The van der Waals surface area contributed by atoms with Crippen molar-refractivity contribution in [1.82, 2.24) is 15.3 Å². The van der Waals surface area contributed by atoms with E-state index in [0.717, 1.165) is 0 Å². The van der Waals surface area contributed by atoms with Gasteiger partial charge in [-0.2, -0.15) is 0 Å². The smallest absolute Gasteiger partial charge is 0.319 e. The third-order valence-electron chi connectivity index (χ3n) is 3.60. The maximum Gasteiger partial charge on any atom is 0.319 e. The number of aromatic nitrogens is 2. The highest BCUT2D eigenvalue weighted by Crippen LogP contribution is 2.35. The molecule has 0 saturated heterocycles. The lowest BCUT2D eigenvalue weighted by atomic mass is 9.73. The van der Waals surface area contributed by atoms with Crippen LogP contribution in [0.5, 0.6) is 0 Å². The van der Waals surface area contributed by atoms with Crippen molar-refractivity contribution >= 4 is 11.7 Å². The Balaban J connectivity index is 1.90. The summed E-state index contributed by atoms with van der Waals surface area (Å²) < 4.78 is 0. The largest absolute Gasteiger partial charge is 0.333 e. The molecule has 5 heteroatoms. The third-order valence-corrected chi connectivity index (χ3v) is 3.60. The number of hydrogen-bond donors (Lipinski definition) is 2. The van der Waals surface area contributed by atoms with Gasteiger partial charge in [0.1, 0.15) is 5.82 Å². The summed E-state index contributed by atoms with van der Waals surface area (Å²) in [5, 5.41) is 5.77. The quantitative estimate of drug-likeness (QED) is 0.863. The van der Waals surface area contributed by atoms with Crippen molar-refractivity contribution in [2.45, 2.75) is 45.6 Å². The summed E-state index contributed by atoms with van der Waals surface area (Å²) in [4.78, 5) is 20.0. The van der Waals surface area contributed by atoms with E-state index in [0.29, 0.717) is 17.4 Å². The Morgan fingerprint density at radius 3 is 2.44 bits per heavy atom. The zero-order chi connectivity index (χ0) is 13.2. The zero-order valence-corrected chi connectivity index (χ0v) is 11.2. The molecule has 0 atom stereocenters.